The first-order valence-corrected chi connectivity index (χ1v) is 4.85. The fourth-order valence-corrected chi connectivity index (χ4v) is 1.14. The molecule has 0 radical (unpaired) electrons. The highest BCUT2D eigenvalue weighted by atomic mass is 16.2. The maximum atomic E-state index is 8.64. The quantitative estimate of drug-likeness (QED) is 0.683. The van der Waals surface area contributed by atoms with Gasteiger partial charge in [0.25, 0.3) is 0 Å². The Balaban J connectivity index is 2.96. The minimum atomic E-state index is -0.128. The van der Waals surface area contributed by atoms with E-state index in [1.807, 2.05) is 6.07 Å². The molecule has 80 valence electrons. The van der Waals surface area contributed by atoms with Crippen LogP contribution in [0.25, 0.3) is 0 Å². The predicted molar refractivity (Wildman–Crippen MR) is 61.6 cm³/mol. The Morgan fingerprint density at radius 3 is 2.80 bits per heavy atom. The van der Waals surface area contributed by atoms with Crippen molar-refractivity contribution in [2.45, 2.75) is 26.3 Å². The number of rotatable bonds is 1. The number of pyridine rings is 1. The molecule has 0 spiro atoms. The normalized spacial score (nSPS) is 10.4. The molecule has 3 heteroatoms. The molecule has 0 saturated carbocycles. The number of hydrogen-bond acceptors (Lipinski definition) is 3. The Morgan fingerprint density at radius 1 is 1.47 bits per heavy atom. The van der Waals surface area contributed by atoms with Crippen LogP contribution >= 0.6 is 0 Å². The van der Waals surface area contributed by atoms with Crippen molar-refractivity contribution >= 4 is 5.69 Å². The van der Waals surface area contributed by atoms with E-state index >= 15 is 0 Å². The van der Waals surface area contributed by atoms with E-state index < -0.39 is 0 Å². The number of hydrogen-bond donors (Lipinski definition) is 2. The summed E-state index contributed by atoms with van der Waals surface area (Å²) in [6.45, 7) is 6.09. The zero-order valence-corrected chi connectivity index (χ0v) is 9.33. The molecule has 0 aromatic carbocycles. The van der Waals surface area contributed by atoms with Crippen LogP contribution in [0.2, 0.25) is 0 Å². The Morgan fingerprint density at radius 2 is 2.20 bits per heavy atom. The van der Waals surface area contributed by atoms with Crippen LogP contribution in [0.5, 0.6) is 0 Å². The molecule has 0 bridgehead atoms. The molecule has 0 aliphatic rings. The molecule has 0 atom stereocenters. The van der Waals surface area contributed by atoms with Gasteiger partial charge < -0.3 is 10.4 Å². The lowest BCUT2D eigenvalue weighted by molar-refractivity contribution is 0.350. The fourth-order valence-electron chi connectivity index (χ4n) is 1.14. The minimum absolute atomic E-state index is 0.0291. The Bertz CT molecular complexity index is 383. The highest BCUT2D eigenvalue weighted by Crippen LogP contribution is 2.17. The van der Waals surface area contributed by atoms with E-state index in [4.69, 9.17) is 5.11 Å². The first-order chi connectivity index (χ1) is 7.03. The summed E-state index contributed by atoms with van der Waals surface area (Å²) in [6.07, 6.45) is 3.43. The average molecular weight is 204 g/mol. The van der Waals surface area contributed by atoms with E-state index in [1.165, 1.54) is 0 Å². The zero-order chi connectivity index (χ0) is 11.3. The summed E-state index contributed by atoms with van der Waals surface area (Å²) in [5.74, 6) is 5.51. The van der Waals surface area contributed by atoms with Gasteiger partial charge >= 0.3 is 0 Å². The van der Waals surface area contributed by atoms with E-state index in [0.29, 0.717) is 0 Å². The molecule has 3 nitrogen and oxygen atoms in total. The Kier molecular flexibility index (Phi) is 3.70. The molecular weight excluding hydrogens is 188 g/mol. The van der Waals surface area contributed by atoms with Gasteiger partial charge in [-0.2, -0.15) is 0 Å². The van der Waals surface area contributed by atoms with Crippen LogP contribution in [-0.4, -0.2) is 22.2 Å². The van der Waals surface area contributed by atoms with Gasteiger partial charge in [0.1, 0.15) is 6.61 Å². The summed E-state index contributed by atoms with van der Waals surface area (Å²) >= 11 is 0. The smallest absolute Gasteiger partial charge is 0.104 e. The fraction of sp³-hybridized carbons (Fsp3) is 0.417. The van der Waals surface area contributed by atoms with Crippen LogP contribution in [0, 0.1) is 11.8 Å². The lowest BCUT2D eigenvalue weighted by Crippen LogP contribution is -2.26. The van der Waals surface area contributed by atoms with Crippen molar-refractivity contribution in [3.05, 3.63) is 24.0 Å². The standard InChI is InChI=1S/C12H16N2O/c1-12(2,3)14-11-9-13-7-6-10(11)5-4-8-15/h6-7,9,14-15H,8H2,1-3H3. The molecule has 1 aromatic rings. The van der Waals surface area contributed by atoms with Gasteiger partial charge in [0.2, 0.25) is 0 Å². The summed E-state index contributed by atoms with van der Waals surface area (Å²) in [4.78, 5) is 4.04. The first kappa shape index (κ1) is 11.5. The van der Waals surface area contributed by atoms with E-state index in [2.05, 4.69) is 42.9 Å². The molecular formula is C12H16N2O. The maximum Gasteiger partial charge on any atom is 0.104 e. The highest BCUT2D eigenvalue weighted by Gasteiger charge is 2.11. The lowest BCUT2D eigenvalue weighted by atomic mass is 10.1. The number of aromatic nitrogens is 1. The molecule has 0 saturated heterocycles. The highest BCUT2D eigenvalue weighted by molar-refractivity contribution is 5.58. The van der Waals surface area contributed by atoms with Crippen molar-refractivity contribution in [3.63, 3.8) is 0 Å². The van der Waals surface area contributed by atoms with E-state index in [-0.39, 0.29) is 12.1 Å². The molecule has 1 heterocycles. The molecule has 2 N–H and O–H groups in total. The van der Waals surface area contributed by atoms with Crippen LogP contribution in [0.15, 0.2) is 18.5 Å². The van der Waals surface area contributed by atoms with E-state index in [0.717, 1.165) is 11.3 Å². The predicted octanol–water partition coefficient (Wildman–Crippen LogP) is 1.64. The third kappa shape index (κ3) is 4.01. The van der Waals surface area contributed by atoms with Gasteiger partial charge in [-0.1, -0.05) is 11.8 Å². The van der Waals surface area contributed by atoms with Gasteiger partial charge in [-0.25, -0.2) is 0 Å². The van der Waals surface area contributed by atoms with Gasteiger partial charge in [-0.15, -0.1) is 0 Å². The number of aliphatic hydroxyl groups excluding tert-OH is 1. The van der Waals surface area contributed by atoms with Crippen LogP contribution in [0.4, 0.5) is 5.69 Å². The summed E-state index contributed by atoms with van der Waals surface area (Å²) in [5.41, 5.74) is 1.72. The SMILES string of the molecule is CC(C)(C)Nc1cnccc1C#CCO. The summed E-state index contributed by atoms with van der Waals surface area (Å²) in [7, 11) is 0. The van der Waals surface area contributed by atoms with Gasteiger partial charge in [-0.3, -0.25) is 4.98 Å². The monoisotopic (exact) mass is 204 g/mol. The van der Waals surface area contributed by atoms with Crippen molar-refractivity contribution in [2.75, 3.05) is 11.9 Å². The lowest BCUT2D eigenvalue weighted by Gasteiger charge is -2.22. The second-order valence-electron chi connectivity index (χ2n) is 4.26. The largest absolute Gasteiger partial charge is 0.384 e. The van der Waals surface area contributed by atoms with Gasteiger partial charge in [0.05, 0.1) is 17.4 Å². The molecule has 0 aliphatic heterocycles. The molecule has 15 heavy (non-hydrogen) atoms. The van der Waals surface area contributed by atoms with E-state index in [1.54, 1.807) is 12.4 Å². The van der Waals surface area contributed by atoms with Gasteiger partial charge in [0, 0.05) is 11.7 Å². The topological polar surface area (TPSA) is 45.2 Å². The Hall–Kier alpha value is -1.53. The molecule has 0 amide bonds. The van der Waals surface area contributed by atoms with Crippen molar-refractivity contribution in [1.82, 2.24) is 4.98 Å². The second kappa shape index (κ2) is 4.81. The van der Waals surface area contributed by atoms with Crippen LogP contribution < -0.4 is 5.32 Å². The zero-order valence-electron chi connectivity index (χ0n) is 9.33. The second-order valence-corrected chi connectivity index (χ2v) is 4.26. The summed E-state index contributed by atoms with van der Waals surface area (Å²) < 4.78 is 0. The van der Waals surface area contributed by atoms with Crippen LogP contribution in [-0.2, 0) is 0 Å². The average Bonchev–Trinajstić information content (AvgIpc) is 2.14. The maximum absolute atomic E-state index is 8.64. The minimum Gasteiger partial charge on any atom is -0.384 e. The third-order valence-corrected chi connectivity index (χ3v) is 1.63. The molecule has 1 rings (SSSR count). The number of nitrogens with zero attached hydrogens (tertiary/aromatic N) is 1. The molecule has 0 unspecified atom stereocenters. The van der Waals surface area contributed by atoms with Crippen molar-refractivity contribution in [1.29, 1.82) is 0 Å². The number of nitrogens with one attached hydrogen (secondary N) is 1. The number of anilines is 1. The van der Waals surface area contributed by atoms with Crippen molar-refractivity contribution in [3.8, 4) is 11.8 Å². The Labute approximate surface area is 90.5 Å². The summed E-state index contributed by atoms with van der Waals surface area (Å²) in [5, 5.41) is 12.0. The third-order valence-electron chi connectivity index (χ3n) is 1.63. The van der Waals surface area contributed by atoms with E-state index in [9.17, 15) is 0 Å². The van der Waals surface area contributed by atoms with Gasteiger partial charge in [-0.05, 0) is 26.8 Å². The number of aliphatic hydroxyl groups is 1. The van der Waals surface area contributed by atoms with Gasteiger partial charge in [0.15, 0.2) is 0 Å². The van der Waals surface area contributed by atoms with Crippen LogP contribution in [0.3, 0.4) is 0 Å². The first-order valence-electron chi connectivity index (χ1n) is 4.85. The molecule has 0 aliphatic carbocycles. The summed E-state index contributed by atoms with van der Waals surface area (Å²) in [6, 6.07) is 1.83. The molecule has 0 fully saturated rings. The van der Waals surface area contributed by atoms with Crippen molar-refractivity contribution in [2.24, 2.45) is 0 Å². The molecule has 1 aromatic heterocycles. The van der Waals surface area contributed by atoms with Crippen molar-refractivity contribution < 1.29 is 5.11 Å². The van der Waals surface area contributed by atoms with Crippen LogP contribution in [0.1, 0.15) is 26.3 Å².